The molecule has 0 amide bonds. The minimum Gasteiger partial charge on any atom is -0.314 e. The molecule has 0 aromatic heterocycles. The van der Waals surface area contributed by atoms with Crippen molar-refractivity contribution in [3.63, 3.8) is 0 Å². The van der Waals surface area contributed by atoms with Crippen LogP contribution in [0.2, 0.25) is 0 Å². The molecule has 1 unspecified atom stereocenters. The van der Waals surface area contributed by atoms with Crippen molar-refractivity contribution in [1.29, 1.82) is 0 Å². The van der Waals surface area contributed by atoms with E-state index in [1.807, 2.05) is 6.07 Å². The van der Waals surface area contributed by atoms with E-state index in [1.54, 1.807) is 12.1 Å². The van der Waals surface area contributed by atoms with Crippen LogP contribution in [-0.4, -0.2) is 24.1 Å². The van der Waals surface area contributed by atoms with Crippen molar-refractivity contribution in [2.75, 3.05) is 18.1 Å². The maximum absolute atomic E-state index is 13.4. The molecule has 1 aliphatic rings. The Morgan fingerprint density at radius 2 is 2.10 bits per heavy atom. The Hall–Kier alpha value is -0.540. The Labute approximate surface area is 126 Å². The van der Waals surface area contributed by atoms with Crippen molar-refractivity contribution < 1.29 is 4.39 Å². The Kier molecular flexibility index (Phi) is 6.37. The Bertz CT molecular complexity index is 415. The summed E-state index contributed by atoms with van der Waals surface area (Å²) in [6.45, 7) is 5.22. The zero-order valence-corrected chi connectivity index (χ0v) is 13.4. The van der Waals surface area contributed by atoms with Gasteiger partial charge in [0.2, 0.25) is 0 Å². The van der Waals surface area contributed by atoms with Crippen LogP contribution in [0.1, 0.15) is 37.3 Å². The van der Waals surface area contributed by atoms with Gasteiger partial charge in [-0.3, -0.25) is 0 Å². The molecular weight excluding hydrogens is 269 g/mol. The number of thioether (sulfide) groups is 1. The van der Waals surface area contributed by atoms with Gasteiger partial charge in [0.05, 0.1) is 0 Å². The SMILES string of the molecule is CCNC(Cc1cc(F)ccc1C)CC1CCSCC1. The summed E-state index contributed by atoms with van der Waals surface area (Å²) >= 11 is 2.08. The first kappa shape index (κ1) is 15.8. The summed E-state index contributed by atoms with van der Waals surface area (Å²) in [4.78, 5) is 0. The van der Waals surface area contributed by atoms with Gasteiger partial charge in [0.25, 0.3) is 0 Å². The van der Waals surface area contributed by atoms with Crippen molar-refractivity contribution in [2.24, 2.45) is 5.92 Å². The summed E-state index contributed by atoms with van der Waals surface area (Å²) in [6.07, 6.45) is 4.86. The average Bonchev–Trinajstić information content (AvgIpc) is 2.44. The minimum absolute atomic E-state index is 0.116. The lowest BCUT2D eigenvalue weighted by Crippen LogP contribution is -2.34. The quantitative estimate of drug-likeness (QED) is 0.844. The largest absolute Gasteiger partial charge is 0.314 e. The van der Waals surface area contributed by atoms with Crippen LogP contribution in [0.5, 0.6) is 0 Å². The zero-order valence-electron chi connectivity index (χ0n) is 12.6. The summed E-state index contributed by atoms with van der Waals surface area (Å²) in [5.41, 5.74) is 2.36. The maximum atomic E-state index is 13.4. The van der Waals surface area contributed by atoms with E-state index in [0.717, 1.165) is 24.4 Å². The van der Waals surface area contributed by atoms with Crippen molar-refractivity contribution in [3.8, 4) is 0 Å². The number of hydrogen-bond donors (Lipinski definition) is 1. The van der Waals surface area contributed by atoms with Crippen LogP contribution < -0.4 is 5.32 Å². The van der Waals surface area contributed by atoms with Gasteiger partial charge in [-0.1, -0.05) is 13.0 Å². The van der Waals surface area contributed by atoms with Crippen LogP contribution in [0.4, 0.5) is 4.39 Å². The second-order valence-electron chi connectivity index (χ2n) is 5.82. The molecule has 1 N–H and O–H groups in total. The first-order valence-electron chi connectivity index (χ1n) is 7.75. The highest BCUT2D eigenvalue weighted by molar-refractivity contribution is 7.99. The number of rotatable bonds is 6. The summed E-state index contributed by atoms with van der Waals surface area (Å²) in [5, 5.41) is 3.60. The lowest BCUT2D eigenvalue weighted by atomic mass is 9.90. The van der Waals surface area contributed by atoms with Gasteiger partial charge in [-0.05, 0) is 79.8 Å². The van der Waals surface area contributed by atoms with E-state index in [1.165, 1.54) is 36.3 Å². The summed E-state index contributed by atoms with van der Waals surface area (Å²) < 4.78 is 13.4. The first-order chi connectivity index (χ1) is 9.69. The molecule has 1 atom stereocenters. The Morgan fingerprint density at radius 3 is 2.80 bits per heavy atom. The van der Waals surface area contributed by atoms with E-state index < -0.39 is 0 Å². The normalized spacial score (nSPS) is 18.1. The van der Waals surface area contributed by atoms with Crippen molar-refractivity contribution in [2.45, 2.75) is 45.6 Å². The fraction of sp³-hybridized carbons (Fsp3) is 0.647. The fourth-order valence-electron chi connectivity index (χ4n) is 3.04. The van der Waals surface area contributed by atoms with Gasteiger partial charge in [-0.2, -0.15) is 11.8 Å². The molecule has 0 saturated carbocycles. The highest BCUT2D eigenvalue weighted by Gasteiger charge is 2.19. The van der Waals surface area contributed by atoms with Crippen molar-refractivity contribution in [3.05, 3.63) is 35.1 Å². The molecule has 0 bridgehead atoms. The molecule has 2 rings (SSSR count). The predicted molar refractivity (Wildman–Crippen MR) is 87.0 cm³/mol. The third-order valence-corrected chi connectivity index (χ3v) is 5.28. The van der Waals surface area contributed by atoms with Gasteiger partial charge in [0, 0.05) is 6.04 Å². The van der Waals surface area contributed by atoms with Gasteiger partial charge >= 0.3 is 0 Å². The molecule has 1 fully saturated rings. The molecule has 20 heavy (non-hydrogen) atoms. The molecule has 112 valence electrons. The molecule has 1 aromatic rings. The highest BCUT2D eigenvalue weighted by Crippen LogP contribution is 2.27. The number of aryl methyl sites for hydroxylation is 1. The molecule has 1 saturated heterocycles. The van der Waals surface area contributed by atoms with Gasteiger partial charge in [0.15, 0.2) is 0 Å². The van der Waals surface area contributed by atoms with Crippen LogP contribution in [0, 0.1) is 18.7 Å². The molecule has 1 heterocycles. The number of hydrogen-bond acceptors (Lipinski definition) is 2. The number of nitrogens with one attached hydrogen (secondary N) is 1. The zero-order chi connectivity index (χ0) is 14.4. The second-order valence-corrected chi connectivity index (χ2v) is 7.05. The van der Waals surface area contributed by atoms with Gasteiger partial charge in [0.1, 0.15) is 5.82 Å². The standard InChI is InChI=1S/C17H26FNS/c1-3-19-17(10-14-6-8-20-9-7-14)12-15-11-16(18)5-4-13(15)2/h4-5,11,14,17,19H,3,6-10,12H2,1-2H3. The highest BCUT2D eigenvalue weighted by atomic mass is 32.2. The molecular formula is C17H26FNS. The first-order valence-corrected chi connectivity index (χ1v) is 8.90. The third-order valence-electron chi connectivity index (χ3n) is 4.23. The predicted octanol–water partition coefficient (Wildman–Crippen LogP) is 4.19. The molecule has 0 radical (unpaired) electrons. The summed E-state index contributed by atoms with van der Waals surface area (Å²) in [5.74, 6) is 3.34. The van der Waals surface area contributed by atoms with Crippen molar-refractivity contribution >= 4 is 11.8 Å². The van der Waals surface area contributed by atoms with Gasteiger partial charge < -0.3 is 5.32 Å². The molecule has 1 nitrogen and oxygen atoms in total. The molecule has 1 aromatic carbocycles. The van der Waals surface area contributed by atoms with E-state index in [-0.39, 0.29) is 5.82 Å². The van der Waals surface area contributed by atoms with Gasteiger partial charge in [-0.25, -0.2) is 4.39 Å². The lowest BCUT2D eigenvalue weighted by molar-refractivity contribution is 0.366. The lowest BCUT2D eigenvalue weighted by Gasteiger charge is -2.27. The van der Waals surface area contributed by atoms with Crippen LogP contribution in [0.25, 0.3) is 0 Å². The minimum atomic E-state index is -0.116. The van der Waals surface area contributed by atoms with Crippen LogP contribution in [-0.2, 0) is 6.42 Å². The molecule has 1 aliphatic heterocycles. The Balaban J connectivity index is 1.98. The average molecular weight is 295 g/mol. The fourth-order valence-corrected chi connectivity index (χ4v) is 4.24. The summed E-state index contributed by atoms with van der Waals surface area (Å²) in [6, 6.07) is 5.63. The van der Waals surface area contributed by atoms with Gasteiger partial charge in [-0.15, -0.1) is 0 Å². The van der Waals surface area contributed by atoms with E-state index in [0.29, 0.717) is 6.04 Å². The monoisotopic (exact) mass is 295 g/mol. The third kappa shape index (κ3) is 4.78. The summed E-state index contributed by atoms with van der Waals surface area (Å²) in [7, 11) is 0. The van der Waals surface area contributed by atoms with Crippen LogP contribution >= 0.6 is 11.8 Å². The van der Waals surface area contributed by atoms with Crippen molar-refractivity contribution in [1.82, 2.24) is 5.32 Å². The second kappa shape index (κ2) is 8.04. The van der Waals surface area contributed by atoms with E-state index in [4.69, 9.17) is 0 Å². The van der Waals surface area contributed by atoms with E-state index in [2.05, 4.69) is 30.9 Å². The molecule has 3 heteroatoms. The van der Waals surface area contributed by atoms with Crippen LogP contribution in [0.15, 0.2) is 18.2 Å². The van der Waals surface area contributed by atoms with E-state index in [9.17, 15) is 4.39 Å². The number of halogens is 1. The smallest absolute Gasteiger partial charge is 0.123 e. The maximum Gasteiger partial charge on any atom is 0.123 e. The molecule has 0 spiro atoms. The Morgan fingerprint density at radius 1 is 1.35 bits per heavy atom. The number of benzene rings is 1. The van der Waals surface area contributed by atoms with E-state index >= 15 is 0 Å². The molecule has 0 aliphatic carbocycles. The van der Waals surface area contributed by atoms with Crippen LogP contribution in [0.3, 0.4) is 0 Å². The number of likely N-dealkylation sites (N-methyl/N-ethyl adjacent to an activating group) is 1. The topological polar surface area (TPSA) is 12.0 Å².